The molecule has 3 nitrogen and oxygen atoms in total. The van der Waals surface area contributed by atoms with Crippen LogP contribution in [-0.4, -0.2) is 12.6 Å². The van der Waals surface area contributed by atoms with Gasteiger partial charge < -0.3 is 10.1 Å². The highest BCUT2D eigenvalue weighted by Crippen LogP contribution is 2.33. The van der Waals surface area contributed by atoms with E-state index < -0.39 is 11.9 Å². The third-order valence-corrected chi connectivity index (χ3v) is 2.20. The van der Waals surface area contributed by atoms with Crippen LogP contribution in [0.3, 0.4) is 0 Å². The molecule has 0 radical (unpaired) electrons. The summed E-state index contributed by atoms with van der Waals surface area (Å²) in [6, 6.07) is 4.56. The van der Waals surface area contributed by atoms with Crippen molar-refractivity contribution in [2.75, 3.05) is 11.9 Å². The third kappa shape index (κ3) is 1.47. The Balaban J connectivity index is 2.39. The van der Waals surface area contributed by atoms with Crippen molar-refractivity contribution >= 4 is 17.3 Å². The SMILES string of the molecule is N#CC1CNc2cc(Cl)c(F)cc2O1. The van der Waals surface area contributed by atoms with E-state index in [0.717, 1.165) is 0 Å². The van der Waals surface area contributed by atoms with Gasteiger partial charge >= 0.3 is 0 Å². The van der Waals surface area contributed by atoms with Gasteiger partial charge in [-0.25, -0.2) is 4.39 Å². The number of ether oxygens (including phenoxy) is 1. The molecule has 1 atom stereocenters. The average molecular weight is 213 g/mol. The van der Waals surface area contributed by atoms with Crippen molar-refractivity contribution in [3.8, 4) is 11.8 Å². The Bertz CT molecular complexity index is 416. The first-order chi connectivity index (χ1) is 6.70. The van der Waals surface area contributed by atoms with E-state index in [1.54, 1.807) is 0 Å². The zero-order chi connectivity index (χ0) is 10.1. The standard InChI is InChI=1S/C9H6ClFN2O/c10-6-1-8-9(2-7(6)11)14-5(3-12)4-13-8/h1-2,5,13H,4H2. The maximum absolute atomic E-state index is 13.0. The van der Waals surface area contributed by atoms with Gasteiger partial charge in [-0.1, -0.05) is 11.6 Å². The van der Waals surface area contributed by atoms with Gasteiger partial charge in [-0.3, -0.25) is 0 Å². The van der Waals surface area contributed by atoms with Gasteiger partial charge in [-0.05, 0) is 6.07 Å². The molecule has 0 fully saturated rings. The number of benzene rings is 1. The summed E-state index contributed by atoms with van der Waals surface area (Å²) in [6.07, 6.45) is -0.580. The molecule has 1 unspecified atom stereocenters. The molecule has 72 valence electrons. The number of nitrogens with zero attached hydrogens (tertiary/aromatic N) is 1. The van der Waals surface area contributed by atoms with Crippen molar-refractivity contribution in [3.63, 3.8) is 0 Å². The summed E-state index contributed by atoms with van der Waals surface area (Å²) >= 11 is 5.58. The summed E-state index contributed by atoms with van der Waals surface area (Å²) in [6.45, 7) is 0.380. The molecule has 1 N–H and O–H groups in total. The van der Waals surface area contributed by atoms with Gasteiger partial charge in [0.25, 0.3) is 0 Å². The Labute approximate surface area is 85.0 Å². The molecular formula is C9H6ClFN2O. The number of rotatable bonds is 0. The third-order valence-electron chi connectivity index (χ3n) is 1.91. The lowest BCUT2D eigenvalue weighted by molar-refractivity contribution is 0.258. The summed E-state index contributed by atoms with van der Waals surface area (Å²) < 4.78 is 18.2. The summed E-state index contributed by atoms with van der Waals surface area (Å²) in [7, 11) is 0. The van der Waals surface area contributed by atoms with Crippen molar-refractivity contribution in [1.29, 1.82) is 5.26 Å². The minimum absolute atomic E-state index is 0.0373. The predicted octanol–water partition coefficient (Wildman–Crippen LogP) is 2.18. The van der Waals surface area contributed by atoms with Gasteiger partial charge in [-0.15, -0.1) is 0 Å². The molecule has 1 aliphatic rings. The first-order valence-electron chi connectivity index (χ1n) is 4.00. The number of halogens is 2. The van der Waals surface area contributed by atoms with Gasteiger partial charge in [0.2, 0.25) is 6.10 Å². The van der Waals surface area contributed by atoms with Gasteiger partial charge in [0.05, 0.1) is 17.3 Å². The molecule has 0 saturated carbocycles. The predicted molar refractivity (Wildman–Crippen MR) is 49.9 cm³/mol. The van der Waals surface area contributed by atoms with E-state index in [1.807, 2.05) is 6.07 Å². The molecule has 0 saturated heterocycles. The fraction of sp³-hybridized carbons (Fsp3) is 0.222. The van der Waals surface area contributed by atoms with Crippen LogP contribution in [0.4, 0.5) is 10.1 Å². The van der Waals surface area contributed by atoms with Crippen LogP contribution in [0.2, 0.25) is 5.02 Å². The van der Waals surface area contributed by atoms with Crippen LogP contribution in [0.1, 0.15) is 0 Å². The highest BCUT2D eigenvalue weighted by atomic mass is 35.5. The molecule has 2 rings (SSSR count). The quantitative estimate of drug-likeness (QED) is 0.717. The molecule has 1 aromatic carbocycles. The number of fused-ring (bicyclic) bond motifs is 1. The lowest BCUT2D eigenvalue weighted by atomic mass is 10.2. The summed E-state index contributed by atoms with van der Waals surface area (Å²) in [5.41, 5.74) is 0.614. The molecule has 0 aromatic heterocycles. The molecule has 5 heteroatoms. The van der Waals surface area contributed by atoms with Crippen LogP contribution in [0.15, 0.2) is 12.1 Å². The summed E-state index contributed by atoms with van der Waals surface area (Å²) in [5, 5.41) is 11.6. The number of hydrogen-bond donors (Lipinski definition) is 1. The summed E-state index contributed by atoms with van der Waals surface area (Å²) in [4.78, 5) is 0. The van der Waals surface area contributed by atoms with Crippen molar-refractivity contribution in [2.45, 2.75) is 6.10 Å². The average Bonchev–Trinajstić information content (AvgIpc) is 2.19. The molecule has 1 aromatic rings. The van der Waals surface area contributed by atoms with Gasteiger partial charge in [0.1, 0.15) is 17.6 Å². The van der Waals surface area contributed by atoms with Crippen molar-refractivity contribution in [2.24, 2.45) is 0 Å². The van der Waals surface area contributed by atoms with E-state index in [2.05, 4.69) is 5.32 Å². The first kappa shape index (κ1) is 9.10. The molecule has 0 bridgehead atoms. The minimum atomic E-state index is -0.580. The van der Waals surface area contributed by atoms with Crippen molar-refractivity contribution in [1.82, 2.24) is 0 Å². The Kier molecular flexibility index (Phi) is 2.18. The normalized spacial score (nSPS) is 18.8. The number of anilines is 1. The molecule has 1 heterocycles. The second-order valence-electron chi connectivity index (χ2n) is 2.88. The van der Waals surface area contributed by atoms with Gasteiger partial charge in [-0.2, -0.15) is 5.26 Å². The molecular weight excluding hydrogens is 207 g/mol. The Morgan fingerprint density at radius 3 is 3.14 bits per heavy atom. The minimum Gasteiger partial charge on any atom is -0.471 e. The second kappa shape index (κ2) is 3.35. The van der Waals surface area contributed by atoms with Crippen LogP contribution in [0.25, 0.3) is 0 Å². The zero-order valence-corrected chi connectivity index (χ0v) is 7.81. The fourth-order valence-electron chi connectivity index (χ4n) is 1.23. The monoisotopic (exact) mass is 212 g/mol. The lowest BCUT2D eigenvalue weighted by Gasteiger charge is -2.23. The van der Waals surface area contributed by atoms with Crippen LogP contribution in [0.5, 0.6) is 5.75 Å². The molecule has 0 spiro atoms. The highest BCUT2D eigenvalue weighted by molar-refractivity contribution is 6.31. The molecule has 0 aliphatic carbocycles. The maximum Gasteiger partial charge on any atom is 0.201 e. The first-order valence-corrected chi connectivity index (χ1v) is 4.37. The second-order valence-corrected chi connectivity index (χ2v) is 3.29. The maximum atomic E-state index is 13.0. The van der Waals surface area contributed by atoms with Crippen LogP contribution < -0.4 is 10.1 Å². The molecule has 14 heavy (non-hydrogen) atoms. The van der Waals surface area contributed by atoms with E-state index in [9.17, 15) is 4.39 Å². The van der Waals surface area contributed by atoms with Crippen LogP contribution in [0, 0.1) is 17.1 Å². The highest BCUT2D eigenvalue weighted by Gasteiger charge is 2.20. The van der Waals surface area contributed by atoms with Crippen LogP contribution in [-0.2, 0) is 0 Å². The van der Waals surface area contributed by atoms with Gasteiger partial charge in [0.15, 0.2) is 0 Å². The Morgan fingerprint density at radius 1 is 1.64 bits per heavy atom. The van der Waals surface area contributed by atoms with Crippen molar-refractivity contribution < 1.29 is 9.13 Å². The smallest absolute Gasteiger partial charge is 0.201 e. The van der Waals surface area contributed by atoms with Crippen LogP contribution >= 0.6 is 11.6 Å². The number of nitrogens with one attached hydrogen (secondary N) is 1. The van der Waals surface area contributed by atoms with E-state index in [1.165, 1.54) is 12.1 Å². The zero-order valence-electron chi connectivity index (χ0n) is 7.05. The number of nitriles is 1. The van der Waals surface area contributed by atoms with E-state index >= 15 is 0 Å². The molecule has 1 aliphatic heterocycles. The fourth-order valence-corrected chi connectivity index (χ4v) is 1.40. The largest absolute Gasteiger partial charge is 0.471 e. The summed E-state index contributed by atoms with van der Waals surface area (Å²) in [5.74, 6) is -0.226. The van der Waals surface area contributed by atoms with E-state index in [4.69, 9.17) is 21.6 Å². The van der Waals surface area contributed by atoms with Gasteiger partial charge in [0, 0.05) is 6.07 Å². The Hall–Kier alpha value is -1.47. The van der Waals surface area contributed by atoms with E-state index in [-0.39, 0.29) is 5.02 Å². The molecule has 0 amide bonds. The Morgan fingerprint density at radius 2 is 2.43 bits per heavy atom. The topological polar surface area (TPSA) is 45.0 Å². The van der Waals surface area contributed by atoms with E-state index in [0.29, 0.717) is 18.0 Å². The number of hydrogen-bond acceptors (Lipinski definition) is 3. The van der Waals surface area contributed by atoms with Crippen molar-refractivity contribution in [3.05, 3.63) is 23.0 Å². The lowest BCUT2D eigenvalue weighted by Crippen LogP contribution is -2.29.